The first-order valence-corrected chi connectivity index (χ1v) is 5.19. The van der Waals surface area contributed by atoms with Gasteiger partial charge >= 0.3 is 5.97 Å². The second-order valence-electron chi connectivity index (χ2n) is 4.13. The van der Waals surface area contributed by atoms with Gasteiger partial charge in [-0.05, 0) is 6.92 Å². The molecule has 0 aromatic heterocycles. The number of ether oxygens (including phenoxy) is 1. The molecule has 17 heavy (non-hydrogen) atoms. The maximum absolute atomic E-state index is 11.6. The van der Waals surface area contributed by atoms with E-state index in [0.717, 1.165) is 0 Å². The Kier molecular flexibility index (Phi) is 3.88. The van der Waals surface area contributed by atoms with Gasteiger partial charge in [-0.1, -0.05) is 0 Å². The summed E-state index contributed by atoms with van der Waals surface area (Å²) in [7, 11) is 3.03. The summed E-state index contributed by atoms with van der Waals surface area (Å²) in [6, 6.07) is 0. The van der Waals surface area contributed by atoms with E-state index in [1.807, 2.05) is 0 Å². The number of ketones is 1. The summed E-state index contributed by atoms with van der Waals surface area (Å²) in [5, 5.41) is 9.63. The van der Waals surface area contributed by atoms with Gasteiger partial charge in [0.1, 0.15) is 17.4 Å². The molecular formula is C11H15NO5. The van der Waals surface area contributed by atoms with E-state index in [0.29, 0.717) is 0 Å². The van der Waals surface area contributed by atoms with Crippen molar-refractivity contribution in [1.29, 1.82) is 0 Å². The number of carbonyl (C=O) groups excluding carboxylic acids is 3. The molecule has 0 aromatic carbocycles. The van der Waals surface area contributed by atoms with Crippen LogP contribution in [0.15, 0.2) is 11.3 Å². The van der Waals surface area contributed by atoms with Crippen molar-refractivity contribution >= 4 is 17.7 Å². The molecule has 6 heteroatoms. The van der Waals surface area contributed by atoms with Crippen molar-refractivity contribution in [2.75, 3.05) is 14.1 Å². The van der Waals surface area contributed by atoms with E-state index < -0.39 is 35.1 Å². The van der Waals surface area contributed by atoms with Crippen LogP contribution in [-0.4, -0.2) is 47.9 Å². The number of aliphatic hydroxyl groups excluding tert-OH is 1. The van der Waals surface area contributed by atoms with E-state index in [2.05, 4.69) is 0 Å². The SMILES string of the molecule is C[C@@H]1CC(=O)/C(=C(\O)CC(=O)N(C)C)C(=O)O1. The van der Waals surface area contributed by atoms with Gasteiger partial charge in [0.15, 0.2) is 5.78 Å². The molecule has 0 radical (unpaired) electrons. The molecule has 0 bridgehead atoms. The van der Waals surface area contributed by atoms with Gasteiger partial charge in [-0.2, -0.15) is 0 Å². The maximum Gasteiger partial charge on any atom is 0.345 e. The normalized spacial score (nSPS) is 23.1. The predicted octanol–water partition coefficient (Wildman–Crippen LogP) is 0.181. The van der Waals surface area contributed by atoms with Crippen LogP contribution in [-0.2, 0) is 19.1 Å². The smallest absolute Gasteiger partial charge is 0.345 e. The molecule has 94 valence electrons. The van der Waals surface area contributed by atoms with Crippen LogP contribution >= 0.6 is 0 Å². The number of carbonyl (C=O) groups is 3. The van der Waals surface area contributed by atoms with Crippen molar-refractivity contribution in [3.8, 4) is 0 Å². The fraction of sp³-hybridized carbons (Fsp3) is 0.545. The number of Topliss-reactive ketones (excluding diaryl/α,β-unsaturated/α-hetero) is 1. The van der Waals surface area contributed by atoms with E-state index in [4.69, 9.17) is 4.74 Å². The fourth-order valence-corrected chi connectivity index (χ4v) is 1.43. The Balaban J connectivity index is 2.91. The highest BCUT2D eigenvalue weighted by Gasteiger charge is 2.33. The molecule has 1 saturated heterocycles. The second-order valence-corrected chi connectivity index (χ2v) is 4.13. The lowest BCUT2D eigenvalue weighted by molar-refractivity contribution is -0.150. The van der Waals surface area contributed by atoms with Gasteiger partial charge in [-0.15, -0.1) is 0 Å². The van der Waals surface area contributed by atoms with E-state index in [9.17, 15) is 19.5 Å². The van der Waals surface area contributed by atoms with Gasteiger partial charge in [0.25, 0.3) is 0 Å². The molecule has 1 aliphatic heterocycles. The van der Waals surface area contributed by atoms with Crippen LogP contribution in [0.4, 0.5) is 0 Å². The summed E-state index contributed by atoms with van der Waals surface area (Å²) in [5.41, 5.74) is -0.404. The van der Waals surface area contributed by atoms with Crippen molar-refractivity contribution in [2.45, 2.75) is 25.9 Å². The summed E-state index contributed by atoms with van der Waals surface area (Å²) in [6.45, 7) is 1.59. The third-order valence-electron chi connectivity index (χ3n) is 2.37. The molecule has 0 spiro atoms. The van der Waals surface area contributed by atoms with E-state index in [1.54, 1.807) is 6.92 Å². The van der Waals surface area contributed by atoms with E-state index in [-0.39, 0.29) is 12.8 Å². The molecule has 1 atom stereocenters. The zero-order valence-corrected chi connectivity index (χ0v) is 10.0. The molecule has 1 heterocycles. The standard InChI is InChI=1S/C11H15NO5/c1-6-4-7(13)10(11(16)17-6)8(14)5-9(15)12(2)3/h6,14H,4-5H2,1-3H3/b10-8+/t6-/m1/s1. The first-order valence-electron chi connectivity index (χ1n) is 5.19. The Hall–Kier alpha value is -1.85. The highest BCUT2D eigenvalue weighted by molar-refractivity contribution is 6.19. The molecule has 0 aromatic rings. The Morgan fingerprint density at radius 1 is 1.47 bits per heavy atom. The predicted molar refractivity (Wildman–Crippen MR) is 58.1 cm³/mol. The summed E-state index contributed by atoms with van der Waals surface area (Å²) >= 11 is 0. The zero-order valence-electron chi connectivity index (χ0n) is 10.0. The van der Waals surface area contributed by atoms with Crippen LogP contribution in [0, 0.1) is 0 Å². The molecule has 0 saturated carbocycles. The summed E-state index contributed by atoms with van der Waals surface area (Å²) in [6.07, 6.45) is -0.838. The Morgan fingerprint density at radius 3 is 2.53 bits per heavy atom. The molecular weight excluding hydrogens is 226 g/mol. The summed E-state index contributed by atoms with van der Waals surface area (Å²) in [5.74, 6) is -2.27. The summed E-state index contributed by atoms with van der Waals surface area (Å²) < 4.78 is 4.83. The molecule has 1 aliphatic rings. The lowest BCUT2D eigenvalue weighted by Crippen LogP contribution is -2.32. The minimum absolute atomic E-state index is 0.0291. The largest absolute Gasteiger partial charge is 0.511 e. The first kappa shape index (κ1) is 13.2. The Bertz CT molecular complexity index is 377. The molecule has 1 N–H and O–H groups in total. The van der Waals surface area contributed by atoms with Crippen molar-refractivity contribution in [1.82, 2.24) is 4.90 Å². The number of amides is 1. The van der Waals surface area contributed by atoms with Crippen LogP contribution in [0.1, 0.15) is 19.8 Å². The van der Waals surface area contributed by atoms with E-state index in [1.165, 1.54) is 19.0 Å². The minimum Gasteiger partial charge on any atom is -0.511 e. The van der Waals surface area contributed by atoms with Crippen LogP contribution in [0.3, 0.4) is 0 Å². The summed E-state index contributed by atoms with van der Waals surface area (Å²) in [4.78, 5) is 35.6. The van der Waals surface area contributed by atoms with Crippen LogP contribution in [0.2, 0.25) is 0 Å². The van der Waals surface area contributed by atoms with Crippen molar-refractivity contribution in [3.63, 3.8) is 0 Å². The molecule has 1 rings (SSSR count). The lowest BCUT2D eigenvalue weighted by atomic mass is 10.0. The maximum atomic E-state index is 11.6. The number of cyclic esters (lactones) is 1. The minimum atomic E-state index is -0.863. The second kappa shape index (κ2) is 4.99. The first-order chi connectivity index (χ1) is 7.82. The van der Waals surface area contributed by atoms with Crippen LogP contribution < -0.4 is 0 Å². The van der Waals surface area contributed by atoms with Gasteiger partial charge in [0.05, 0.1) is 6.42 Å². The monoisotopic (exact) mass is 241 g/mol. The van der Waals surface area contributed by atoms with Crippen molar-refractivity contribution in [3.05, 3.63) is 11.3 Å². The molecule has 0 unspecified atom stereocenters. The third kappa shape index (κ3) is 3.05. The van der Waals surface area contributed by atoms with Gasteiger partial charge < -0.3 is 14.7 Å². The Labute approximate surface area is 98.8 Å². The number of hydrogen-bond donors (Lipinski definition) is 1. The van der Waals surface area contributed by atoms with Crippen LogP contribution in [0.25, 0.3) is 0 Å². The zero-order chi connectivity index (χ0) is 13.2. The van der Waals surface area contributed by atoms with Gasteiger partial charge in [0.2, 0.25) is 5.91 Å². The topological polar surface area (TPSA) is 83.9 Å². The highest BCUT2D eigenvalue weighted by atomic mass is 16.5. The number of hydrogen-bond acceptors (Lipinski definition) is 5. The lowest BCUT2D eigenvalue weighted by Gasteiger charge is -2.20. The number of nitrogens with zero attached hydrogens (tertiary/aromatic N) is 1. The van der Waals surface area contributed by atoms with Crippen LogP contribution in [0.5, 0.6) is 0 Å². The highest BCUT2D eigenvalue weighted by Crippen LogP contribution is 2.20. The van der Waals surface area contributed by atoms with Crippen molar-refractivity contribution in [2.24, 2.45) is 0 Å². The third-order valence-corrected chi connectivity index (χ3v) is 2.37. The molecule has 1 amide bonds. The van der Waals surface area contributed by atoms with Gasteiger partial charge in [0, 0.05) is 20.5 Å². The molecule has 6 nitrogen and oxygen atoms in total. The number of aliphatic hydroxyl groups is 1. The fourth-order valence-electron chi connectivity index (χ4n) is 1.43. The number of esters is 1. The van der Waals surface area contributed by atoms with E-state index >= 15 is 0 Å². The van der Waals surface area contributed by atoms with Gasteiger partial charge in [-0.3, -0.25) is 9.59 Å². The Morgan fingerprint density at radius 2 is 2.06 bits per heavy atom. The molecule has 1 fully saturated rings. The average Bonchev–Trinajstić information content (AvgIpc) is 2.15. The number of rotatable bonds is 2. The molecule has 0 aliphatic carbocycles. The van der Waals surface area contributed by atoms with Crippen molar-refractivity contribution < 1.29 is 24.2 Å². The quantitative estimate of drug-likeness (QED) is 0.323. The van der Waals surface area contributed by atoms with Gasteiger partial charge in [-0.25, -0.2) is 4.79 Å². The average molecular weight is 241 g/mol.